The molecule has 0 bridgehead atoms. The van der Waals surface area contributed by atoms with E-state index in [2.05, 4.69) is 66.4 Å². The number of piperidine rings is 1. The molecule has 0 N–H and O–H groups in total. The van der Waals surface area contributed by atoms with Crippen LogP contribution in [0, 0.1) is 5.92 Å². The summed E-state index contributed by atoms with van der Waals surface area (Å²) in [6.07, 6.45) is 2.60. The van der Waals surface area contributed by atoms with Crippen molar-refractivity contribution in [3.63, 3.8) is 0 Å². The van der Waals surface area contributed by atoms with E-state index >= 15 is 0 Å². The molecule has 0 spiro atoms. The van der Waals surface area contributed by atoms with Gasteiger partial charge < -0.3 is 4.74 Å². The molecule has 2 aliphatic heterocycles. The minimum atomic E-state index is -0.00525. The van der Waals surface area contributed by atoms with E-state index in [9.17, 15) is 0 Å². The second-order valence-corrected chi connectivity index (χ2v) is 6.37. The molecule has 1 saturated carbocycles. The largest absolute Gasteiger partial charge is 0.354 e. The summed E-state index contributed by atoms with van der Waals surface area (Å²) in [4.78, 5) is 2.61. The molecule has 3 unspecified atom stereocenters. The maximum Gasteiger partial charge on any atom is 0.143 e. The van der Waals surface area contributed by atoms with Crippen molar-refractivity contribution in [1.82, 2.24) is 4.90 Å². The molecule has 1 aromatic rings. The molecule has 2 nitrogen and oxygen atoms in total. The van der Waals surface area contributed by atoms with E-state index in [-0.39, 0.29) is 11.3 Å². The molecule has 0 aromatic heterocycles. The van der Waals surface area contributed by atoms with Crippen LogP contribution in [-0.4, -0.2) is 23.8 Å². The number of ether oxygens (including phenoxy) is 1. The summed E-state index contributed by atoms with van der Waals surface area (Å²) in [6, 6.07) is 19.3. The summed E-state index contributed by atoms with van der Waals surface area (Å²) in [5.41, 5.74) is 1.67. The molecular weight excluding hydrogens is 246 g/mol. The van der Waals surface area contributed by atoms with Gasteiger partial charge in [-0.1, -0.05) is 54.6 Å². The Kier molecular flexibility index (Phi) is 2.66. The standard InChI is InChI=1S/C18H21NO/c1-17(14-20-17)19-12-11-16-13-18(16,19)15-9-7-5-3-2-4-6-8-10-15/h2-10,16H,11-14H2,1H3. The molecule has 20 heavy (non-hydrogen) atoms. The van der Waals surface area contributed by atoms with E-state index in [1.165, 1.54) is 24.9 Å². The second kappa shape index (κ2) is 4.31. The molecule has 2 heterocycles. The van der Waals surface area contributed by atoms with E-state index in [0.29, 0.717) is 0 Å². The molecule has 4 rings (SSSR count). The fourth-order valence-electron chi connectivity index (χ4n) is 3.88. The fourth-order valence-corrected chi connectivity index (χ4v) is 3.88. The lowest BCUT2D eigenvalue weighted by atomic mass is 10.0. The van der Waals surface area contributed by atoms with Gasteiger partial charge in [-0.2, -0.15) is 0 Å². The Balaban J connectivity index is 1.77. The summed E-state index contributed by atoms with van der Waals surface area (Å²) in [5, 5.41) is 0. The summed E-state index contributed by atoms with van der Waals surface area (Å²) in [7, 11) is 0. The first kappa shape index (κ1) is 12.4. The Morgan fingerprint density at radius 1 is 1.05 bits per heavy atom. The number of fused-ring (bicyclic) bond motifs is 1. The number of hydrogen-bond donors (Lipinski definition) is 0. The van der Waals surface area contributed by atoms with Gasteiger partial charge >= 0.3 is 0 Å². The SMILES string of the molecule is CC1(N2CCC3CC32c2ccccccccc2)CO1. The maximum atomic E-state index is 5.72. The van der Waals surface area contributed by atoms with Crippen LogP contribution in [0.15, 0.2) is 54.6 Å². The van der Waals surface area contributed by atoms with Gasteiger partial charge in [-0.3, -0.25) is 4.90 Å². The van der Waals surface area contributed by atoms with Gasteiger partial charge in [0.2, 0.25) is 0 Å². The minimum Gasteiger partial charge on any atom is -0.354 e. The zero-order valence-corrected chi connectivity index (χ0v) is 12.0. The van der Waals surface area contributed by atoms with Crippen LogP contribution in [0.4, 0.5) is 0 Å². The molecule has 0 radical (unpaired) electrons. The highest BCUT2D eigenvalue weighted by molar-refractivity contribution is 5.35. The van der Waals surface area contributed by atoms with Gasteiger partial charge in [-0.25, -0.2) is 0 Å². The lowest BCUT2D eigenvalue weighted by Gasteiger charge is -2.32. The second-order valence-electron chi connectivity index (χ2n) is 6.37. The lowest BCUT2D eigenvalue weighted by molar-refractivity contribution is 0.0549. The Morgan fingerprint density at radius 2 is 1.65 bits per heavy atom. The Bertz CT molecular complexity index is 554. The summed E-state index contributed by atoms with van der Waals surface area (Å²) < 4.78 is 5.72. The summed E-state index contributed by atoms with van der Waals surface area (Å²) >= 11 is 0. The van der Waals surface area contributed by atoms with Crippen LogP contribution >= 0.6 is 0 Å². The first-order chi connectivity index (χ1) is 9.76. The van der Waals surface area contributed by atoms with Gasteiger partial charge in [-0.15, -0.1) is 0 Å². The molecule has 3 aliphatic rings. The van der Waals surface area contributed by atoms with E-state index in [1.54, 1.807) is 0 Å². The van der Waals surface area contributed by atoms with Gasteiger partial charge in [0.25, 0.3) is 0 Å². The van der Waals surface area contributed by atoms with E-state index < -0.39 is 0 Å². The van der Waals surface area contributed by atoms with Crippen LogP contribution in [0.2, 0.25) is 0 Å². The predicted octanol–water partition coefficient (Wildman–Crippen LogP) is 3.48. The van der Waals surface area contributed by atoms with Crippen molar-refractivity contribution in [2.75, 3.05) is 13.2 Å². The van der Waals surface area contributed by atoms with Crippen molar-refractivity contribution in [3.8, 4) is 0 Å². The zero-order chi connectivity index (χ0) is 13.6. The molecule has 104 valence electrons. The van der Waals surface area contributed by atoms with E-state index in [1.807, 2.05) is 0 Å². The number of rotatable bonds is 2. The van der Waals surface area contributed by atoms with E-state index in [4.69, 9.17) is 4.74 Å². The molecule has 2 heteroatoms. The fraction of sp³-hybridized carbons (Fsp3) is 0.444. The molecule has 0 amide bonds. The Morgan fingerprint density at radius 3 is 2.20 bits per heavy atom. The van der Waals surface area contributed by atoms with Crippen LogP contribution in [0.25, 0.3) is 0 Å². The number of hydrogen-bond acceptors (Lipinski definition) is 2. The minimum absolute atomic E-state index is 0.00525. The van der Waals surface area contributed by atoms with Gasteiger partial charge in [-0.05, 0) is 31.2 Å². The van der Waals surface area contributed by atoms with Crippen LogP contribution in [0.3, 0.4) is 0 Å². The van der Waals surface area contributed by atoms with Crippen molar-refractivity contribution in [2.24, 2.45) is 5.92 Å². The third kappa shape index (κ3) is 1.79. The van der Waals surface area contributed by atoms with Crippen molar-refractivity contribution in [2.45, 2.75) is 31.0 Å². The van der Waals surface area contributed by atoms with Crippen molar-refractivity contribution < 1.29 is 4.74 Å². The molecule has 1 aromatic carbocycles. The molecule has 3 atom stereocenters. The van der Waals surface area contributed by atoms with Crippen molar-refractivity contribution in [1.29, 1.82) is 0 Å². The number of epoxide rings is 1. The van der Waals surface area contributed by atoms with Crippen LogP contribution in [0.5, 0.6) is 0 Å². The first-order valence-electron chi connectivity index (χ1n) is 7.56. The highest BCUT2D eigenvalue weighted by atomic mass is 16.6. The summed E-state index contributed by atoms with van der Waals surface area (Å²) in [6.45, 7) is 4.29. The zero-order valence-electron chi connectivity index (χ0n) is 12.0. The first-order valence-corrected chi connectivity index (χ1v) is 7.56. The maximum absolute atomic E-state index is 5.72. The van der Waals surface area contributed by atoms with Gasteiger partial charge in [0.1, 0.15) is 5.72 Å². The molecule has 2 saturated heterocycles. The van der Waals surface area contributed by atoms with Gasteiger partial charge in [0.15, 0.2) is 0 Å². The third-order valence-corrected chi connectivity index (χ3v) is 5.11. The highest BCUT2D eigenvalue weighted by Gasteiger charge is 2.69. The molecular formula is C18H21NO. The Hall–Kier alpha value is -1.38. The smallest absolute Gasteiger partial charge is 0.143 e. The van der Waals surface area contributed by atoms with Crippen LogP contribution in [0.1, 0.15) is 25.3 Å². The van der Waals surface area contributed by atoms with Gasteiger partial charge in [0.05, 0.1) is 12.1 Å². The van der Waals surface area contributed by atoms with Crippen molar-refractivity contribution >= 4 is 0 Å². The van der Waals surface area contributed by atoms with Crippen molar-refractivity contribution in [3.05, 3.63) is 60.2 Å². The normalized spacial score (nSPS) is 38.0. The topological polar surface area (TPSA) is 15.8 Å². The summed E-state index contributed by atoms with van der Waals surface area (Å²) in [5.74, 6) is 0.815. The average molecular weight is 267 g/mol. The average Bonchev–Trinajstić information content (AvgIpc) is 3.35. The number of likely N-dealkylation sites (tertiary alicyclic amines) is 1. The van der Waals surface area contributed by atoms with Crippen LogP contribution in [-0.2, 0) is 10.3 Å². The van der Waals surface area contributed by atoms with E-state index in [0.717, 1.165) is 12.5 Å². The highest BCUT2D eigenvalue weighted by Crippen LogP contribution is 2.65. The predicted molar refractivity (Wildman–Crippen MR) is 79.5 cm³/mol. The van der Waals surface area contributed by atoms with Crippen LogP contribution < -0.4 is 0 Å². The molecule has 1 aliphatic carbocycles. The van der Waals surface area contributed by atoms with Gasteiger partial charge in [0, 0.05) is 6.54 Å². The monoisotopic (exact) mass is 267 g/mol. The quantitative estimate of drug-likeness (QED) is 0.762. The third-order valence-electron chi connectivity index (χ3n) is 5.11. The number of nitrogens with zero attached hydrogens (tertiary/aromatic N) is 1. The lowest BCUT2D eigenvalue weighted by Crippen LogP contribution is -2.42. The Labute approximate surface area is 120 Å². The molecule has 3 fully saturated rings.